The predicted molar refractivity (Wildman–Crippen MR) is 102 cm³/mol. The number of carbonyl (C=O) groups is 2. The van der Waals surface area contributed by atoms with Gasteiger partial charge in [-0.15, -0.1) is 0 Å². The second kappa shape index (κ2) is 8.38. The molecule has 2 rings (SSSR count). The van der Waals surface area contributed by atoms with E-state index >= 15 is 0 Å². The molecule has 0 aliphatic carbocycles. The molecule has 2 N–H and O–H groups in total. The Kier molecular flexibility index (Phi) is 6.22. The number of benzene rings is 2. The minimum Gasteiger partial charge on any atom is -0.492 e. The molecule has 2 aromatic carbocycles. The fourth-order valence-electron chi connectivity index (χ4n) is 2.21. The van der Waals surface area contributed by atoms with E-state index in [0.717, 1.165) is 0 Å². The molecule has 26 heavy (non-hydrogen) atoms. The second-order valence-electron chi connectivity index (χ2n) is 6.59. The summed E-state index contributed by atoms with van der Waals surface area (Å²) in [6.45, 7) is 7.73. The van der Waals surface area contributed by atoms with Gasteiger partial charge in [0.25, 0.3) is 5.91 Å². The lowest BCUT2D eigenvalue weighted by molar-refractivity contribution is 0.0635. The summed E-state index contributed by atoms with van der Waals surface area (Å²) in [5, 5.41) is 5.45. The van der Waals surface area contributed by atoms with E-state index in [1.807, 2.05) is 19.1 Å². The van der Waals surface area contributed by atoms with Gasteiger partial charge in [0.05, 0.1) is 12.3 Å². The Balaban J connectivity index is 2.10. The maximum Gasteiger partial charge on any atom is 0.412 e. The van der Waals surface area contributed by atoms with Crippen molar-refractivity contribution in [2.75, 3.05) is 17.2 Å². The number of amides is 2. The van der Waals surface area contributed by atoms with Crippen LogP contribution < -0.4 is 15.4 Å². The number of hydrogen-bond donors (Lipinski definition) is 2. The molecule has 0 saturated carbocycles. The van der Waals surface area contributed by atoms with Gasteiger partial charge in [-0.25, -0.2) is 4.79 Å². The van der Waals surface area contributed by atoms with E-state index < -0.39 is 11.7 Å². The molecule has 6 heteroatoms. The highest BCUT2D eigenvalue weighted by atomic mass is 16.6. The zero-order chi connectivity index (χ0) is 19.2. The number of nitrogens with one attached hydrogen (secondary N) is 2. The Hall–Kier alpha value is -3.02. The molecule has 0 aliphatic heterocycles. The van der Waals surface area contributed by atoms with Crippen molar-refractivity contribution in [3.05, 3.63) is 54.1 Å². The van der Waals surface area contributed by atoms with Gasteiger partial charge < -0.3 is 14.8 Å². The fraction of sp³-hybridized carbons (Fsp3) is 0.300. The van der Waals surface area contributed by atoms with Gasteiger partial charge in [0.2, 0.25) is 0 Å². The fourth-order valence-corrected chi connectivity index (χ4v) is 2.21. The van der Waals surface area contributed by atoms with Crippen LogP contribution in [0, 0.1) is 0 Å². The predicted octanol–water partition coefficient (Wildman–Crippen LogP) is 4.68. The molecule has 0 spiro atoms. The van der Waals surface area contributed by atoms with E-state index in [2.05, 4.69) is 10.6 Å². The third-order valence-corrected chi connectivity index (χ3v) is 3.21. The van der Waals surface area contributed by atoms with Crippen LogP contribution in [0.4, 0.5) is 16.2 Å². The van der Waals surface area contributed by atoms with E-state index in [1.54, 1.807) is 57.2 Å². The Labute approximate surface area is 153 Å². The maximum atomic E-state index is 12.5. The average Bonchev–Trinajstić information content (AvgIpc) is 2.55. The number of para-hydroxylation sites is 2. The third kappa shape index (κ3) is 5.81. The van der Waals surface area contributed by atoms with Gasteiger partial charge in [-0.05, 0) is 58.0 Å². The first kappa shape index (κ1) is 19.3. The van der Waals surface area contributed by atoms with Crippen LogP contribution in [0.3, 0.4) is 0 Å². The van der Waals surface area contributed by atoms with Crippen LogP contribution in [-0.2, 0) is 4.74 Å². The molecular formula is C20H24N2O4. The van der Waals surface area contributed by atoms with Crippen molar-refractivity contribution in [2.45, 2.75) is 33.3 Å². The summed E-state index contributed by atoms with van der Waals surface area (Å²) in [6.07, 6.45) is -0.572. The molecule has 0 fully saturated rings. The first-order chi connectivity index (χ1) is 12.3. The van der Waals surface area contributed by atoms with E-state index in [4.69, 9.17) is 9.47 Å². The summed E-state index contributed by atoms with van der Waals surface area (Å²) in [7, 11) is 0. The number of hydrogen-bond acceptors (Lipinski definition) is 4. The quantitative estimate of drug-likeness (QED) is 0.815. The third-order valence-electron chi connectivity index (χ3n) is 3.21. The van der Waals surface area contributed by atoms with E-state index in [1.165, 1.54) is 0 Å². The molecule has 0 saturated heterocycles. The number of rotatable bonds is 5. The summed E-state index contributed by atoms with van der Waals surface area (Å²) in [5.74, 6) is 0.302. The Morgan fingerprint density at radius 1 is 1.00 bits per heavy atom. The summed E-state index contributed by atoms with van der Waals surface area (Å²) < 4.78 is 10.7. The lowest BCUT2D eigenvalue weighted by Gasteiger charge is -2.19. The number of carbonyl (C=O) groups excluding carboxylic acids is 2. The van der Waals surface area contributed by atoms with E-state index in [0.29, 0.717) is 29.3 Å². The van der Waals surface area contributed by atoms with E-state index in [-0.39, 0.29) is 5.91 Å². The van der Waals surface area contributed by atoms with Crippen LogP contribution >= 0.6 is 0 Å². The van der Waals surface area contributed by atoms with Crippen molar-refractivity contribution in [3.8, 4) is 5.75 Å². The monoisotopic (exact) mass is 356 g/mol. The van der Waals surface area contributed by atoms with Crippen molar-refractivity contribution in [2.24, 2.45) is 0 Å². The van der Waals surface area contributed by atoms with Gasteiger partial charge in [-0.3, -0.25) is 10.1 Å². The van der Waals surface area contributed by atoms with Crippen LogP contribution in [0.1, 0.15) is 38.1 Å². The van der Waals surface area contributed by atoms with Crippen molar-refractivity contribution in [1.29, 1.82) is 0 Å². The lowest BCUT2D eigenvalue weighted by atomic mass is 10.1. The molecule has 0 radical (unpaired) electrons. The molecule has 0 bridgehead atoms. The first-order valence-electron chi connectivity index (χ1n) is 8.42. The second-order valence-corrected chi connectivity index (χ2v) is 6.59. The summed E-state index contributed by atoms with van der Waals surface area (Å²) in [4.78, 5) is 24.4. The Bertz CT molecular complexity index is 781. The molecule has 0 aromatic heterocycles. The maximum absolute atomic E-state index is 12.5. The van der Waals surface area contributed by atoms with Crippen LogP contribution in [0.5, 0.6) is 5.75 Å². The summed E-state index contributed by atoms with van der Waals surface area (Å²) in [6, 6.07) is 13.8. The van der Waals surface area contributed by atoms with Gasteiger partial charge in [0.1, 0.15) is 11.4 Å². The number of ether oxygens (including phenoxy) is 2. The molecule has 0 aliphatic rings. The van der Waals surface area contributed by atoms with Gasteiger partial charge >= 0.3 is 6.09 Å². The first-order valence-corrected chi connectivity index (χ1v) is 8.42. The SMILES string of the molecule is CCOc1ccccc1NC(=O)c1cccc(NC(=O)OC(C)(C)C)c1. The topological polar surface area (TPSA) is 76.7 Å². The smallest absolute Gasteiger partial charge is 0.412 e. The highest BCUT2D eigenvalue weighted by molar-refractivity contribution is 6.05. The largest absolute Gasteiger partial charge is 0.492 e. The highest BCUT2D eigenvalue weighted by Crippen LogP contribution is 2.24. The Morgan fingerprint density at radius 3 is 2.42 bits per heavy atom. The van der Waals surface area contributed by atoms with Crippen molar-refractivity contribution >= 4 is 23.4 Å². The van der Waals surface area contributed by atoms with Gasteiger partial charge in [0.15, 0.2) is 0 Å². The zero-order valence-corrected chi connectivity index (χ0v) is 15.5. The average molecular weight is 356 g/mol. The molecule has 0 atom stereocenters. The number of anilines is 2. The van der Waals surface area contributed by atoms with Crippen molar-refractivity contribution in [3.63, 3.8) is 0 Å². The zero-order valence-electron chi connectivity index (χ0n) is 15.5. The van der Waals surface area contributed by atoms with Crippen LogP contribution in [0.15, 0.2) is 48.5 Å². The lowest BCUT2D eigenvalue weighted by Crippen LogP contribution is -2.27. The van der Waals surface area contributed by atoms with Crippen LogP contribution in [-0.4, -0.2) is 24.2 Å². The molecule has 0 unspecified atom stereocenters. The summed E-state index contributed by atoms with van der Waals surface area (Å²) in [5.41, 5.74) is 0.877. The van der Waals surface area contributed by atoms with Crippen LogP contribution in [0.25, 0.3) is 0 Å². The van der Waals surface area contributed by atoms with Crippen LogP contribution in [0.2, 0.25) is 0 Å². The van der Waals surface area contributed by atoms with Crippen molar-refractivity contribution in [1.82, 2.24) is 0 Å². The normalized spacial score (nSPS) is 10.8. The van der Waals surface area contributed by atoms with Gasteiger partial charge in [-0.2, -0.15) is 0 Å². The molecule has 2 aromatic rings. The Morgan fingerprint density at radius 2 is 1.73 bits per heavy atom. The standard InChI is InChI=1S/C20H24N2O4/c1-5-25-17-12-7-6-11-16(17)22-18(23)14-9-8-10-15(13-14)21-19(24)26-20(2,3)4/h6-13H,5H2,1-4H3,(H,21,24)(H,22,23). The van der Waals surface area contributed by atoms with E-state index in [9.17, 15) is 9.59 Å². The van der Waals surface area contributed by atoms with Gasteiger partial charge in [0, 0.05) is 11.3 Å². The van der Waals surface area contributed by atoms with Crippen molar-refractivity contribution < 1.29 is 19.1 Å². The summed E-state index contributed by atoms with van der Waals surface area (Å²) >= 11 is 0. The minimum atomic E-state index is -0.595. The molecule has 6 nitrogen and oxygen atoms in total. The minimum absolute atomic E-state index is 0.301. The molecule has 138 valence electrons. The highest BCUT2D eigenvalue weighted by Gasteiger charge is 2.17. The molecular weight excluding hydrogens is 332 g/mol. The molecule has 2 amide bonds. The molecule has 0 heterocycles. The van der Waals surface area contributed by atoms with Gasteiger partial charge in [-0.1, -0.05) is 18.2 Å².